The Labute approximate surface area is 197 Å². The number of amides is 3. The van der Waals surface area contributed by atoms with Gasteiger partial charge < -0.3 is 9.80 Å². The van der Waals surface area contributed by atoms with Crippen molar-refractivity contribution in [2.24, 2.45) is 0 Å². The molecule has 2 aliphatic rings. The summed E-state index contributed by atoms with van der Waals surface area (Å²) in [6.45, 7) is 2.83. The van der Waals surface area contributed by atoms with Gasteiger partial charge in [-0.1, -0.05) is 42.5 Å². The van der Waals surface area contributed by atoms with Crippen LogP contribution in [0.25, 0.3) is 11.3 Å². The van der Waals surface area contributed by atoms with Crippen LogP contribution in [0.5, 0.6) is 0 Å². The van der Waals surface area contributed by atoms with E-state index < -0.39 is 0 Å². The molecule has 2 aromatic carbocycles. The first-order chi connectivity index (χ1) is 16.6. The second-order valence-electron chi connectivity index (χ2n) is 8.42. The van der Waals surface area contributed by atoms with Crippen molar-refractivity contribution in [1.29, 1.82) is 0 Å². The van der Waals surface area contributed by atoms with Gasteiger partial charge in [-0.15, -0.1) is 10.2 Å². The van der Waals surface area contributed by atoms with Gasteiger partial charge in [-0.3, -0.25) is 19.3 Å². The fraction of sp³-hybridized carbons (Fsp3) is 0.269. The molecule has 0 unspecified atom stereocenters. The Morgan fingerprint density at radius 1 is 0.765 bits per heavy atom. The van der Waals surface area contributed by atoms with E-state index in [1.807, 2.05) is 47.4 Å². The minimum Gasteiger partial charge on any atom is -0.352 e. The fourth-order valence-corrected chi connectivity index (χ4v) is 4.43. The van der Waals surface area contributed by atoms with E-state index in [9.17, 15) is 14.4 Å². The third-order valence-electron chi connectivity index (χ3n) is 6.33. The molecule has 8 nitrogen and oxygen atoms in total. The lowest BCUT2D eigenvalue weighted by Gasteiger charge is -2.35. The van der Waals surface area contributed by atoms with Crippen LogP contribution in [0.3, 0.4) is 0 Å². The van der Waals surface area contributed by atoms with E-state index in [0.717, 1.165) is 17.1 Å². The van der Waals surface area contributed by atoms with Crippen molar-refractivity contribution >= 4 is 23.5 Å². The number of nitrogens with zero attached hydrogens (tertiary/aromatic N) is 5. The summed E-state index contributed by atoms with van der Waals surface area (Å²) in [7, 11) is 0. The van der Waals surface area contributed by atoms with Crippen molar-refractivity contribution in [2.45, 2.75) is 12.8 Å². The third kappa shape index (κ3) is 4.26. The molecule has 172 valence electrons. The Kier molecular flexibility index (Phi) is 6.03. The second kappa shape index (κ2) is 9.43. The molecule has 3 amide bonds. The van der Waals surface area contributed by atoms with E-state index in [0.29, 0.717) is 50.1 Å². The van der Waals surface area contributed by atoms with Crippen molar-refractivity contribution in [1.82, 2.24) is 20.0 Å². The van der Waals surface area contributed by atoms with Crippen LogP contribution in [-0.4, -0.2) is 70.4 Å². The Morgan fingerprint density at radius 2 is 1.41 bits per heavy atom. The molecule has 0 radical (unpaired) electrons. The molecule has 0 atom stereocenters. The summed E-state index contributed by atoms with van der Waals surface area (Å²) in [5.74, 6) is 0.293. The zero-order chi connectivity index (χ0) is 23.5. The standard InChI is InChI=1S/C26H25N5O3/c32-24(11-6-14-31-25(33)20-9-4-5-10-21(20)26(31)34)30-17-15-29(16-18-30)23-13-12-22(27-28-23)19-7-2-1-3-8-19/h1-5,7-10,12-13H,6,11,14-18H2. The molecule has 34 heavy (non-hydrogen) atoms. The van der Waals surface area contributed by atoms with Crippen molar-refractivity contribution in [3.8, 4) is 11.3 Å². The summed E-state index contributed by atoms with van der Waals surface area (Å²) in [5, 5.41) is 8.73. The monoisotopic (exact) mass is 455 g/mol. The summed E-state index contributed by atoms with van der Waals surface area (Å²) < 4.78 is 0. The highest BCUT2D eigenvalue weighted by Crippen LogP contribution is 2.23. The summed E-state index contributed by atoms with van der Waals surface area (Å²) in [6, 6.07) is 20.7. The predicted octanol–water partition coefficient (Wildman–Crippen LogP) is 2.87. The molecule has 0 N–H and O–H groups in total. The van der Waals surface area contributed by atoms with Crippen LogP contribution >= 0.6 is 0 Å². The zero-order valence-corrected chi connectivity index (χ0v) is 18.8. The molecule has 8 heteroatoms. The highest BCUT2D eigenvalue weighted by molar-refractivity contribution is 6.21. The van der Waals surface area contributed by atoms with Gasteiger partial charge in [0.25, 0.3) is 11.8 Å². The average Bonchev–Trinajstić information content (AvgIpc) is 3.14. The molecule has 0 spiro atoms. The van der Waals surface area contributed by atoms with Crippen molar-refractivity contribution in [2.75, 3.05) is 37.6 Å². The molecule has 1 saturated heterocycles. The quantitative estimate of drug-likeness (QED) is 0.532. The largest absolute Gasteiger partial charge is 0.352 e. The highest BCUT2D eigenvalue weighted by atomic mass is 16.2. The molecular weight excluding hydrogens is 430 g/mol. The molecular formula is C26H25N5O3. The predicted molar refractivity (Wildman–Crippen MR) is 127 cm³/mol. The zero-order valence-electron chi connectivity index (χ0n) is 18.8. The van der Waals surface area contributed by atoms with Crippen LogP contribution < -0.4 is 4.90 Å². The van der Waals surface area contributed by atoms with E-state index >= 15 is 0 Å². The number of carbonyl (C=O) groups is 3. The molecule has 0 saturated carbocycles. The number of rotatable bonds is 6. The lowest BCUT2D eigenvalue weighted by Crippen LogP contribution is -2.49. The first kappa shape index (κ1) is 21.8. The maximum absolute atomic E-state index is 12.7. The topological polar surface area (TPSA) is 86.7 Å². The molecule has 3 heterocycles. The van der Waals surface area contributed by atoms with E-state index in [4.69, 9.17) is 0 Å². The Balaban J connectivity index is 1.09. The molecule has 0 bridgehead atoms. The highest BCUT2D eigenvalue weighted by Gasteiger charge is 2.34. The van der Waals surface area contributed by atoms with Crippen LogP contribution in [0.4, 0.5) is 5.82 Å². The number of benzene rings is 2. The number of imide groups is 1. The summed E-state index contributed by atoms with van der Waals surface area (Å²) in [6.07, 6.45) is 0.760. The van der Waals surface area contributed by atoms with Gasteiger partial charge in [0, 0.05) is 44.7 Å². The Morgan fingerprint density at radius 3 is 2.03 bits per heavy atom. The Hall–Kier alpha value is -4.07. The fourth-order valence-electron chi connectivity index (χ4n) is 4.43. The van der Waals surface area contributed by atoms with Crippen LogP contribution in [0.2, 0.25) is 0 Å². The summed E-state index contributed by atoms with van der Waals surface area (Å²) in [5.41, 5.74) is 2.74. The molecule has 1 aromatic heterocycles. The van der Waals surface area contributed by atoms with E-state index in [-0.39, 0.29) is 24.3 Å². The van der Waals surface area contributed by atoms with E-state index in [1.54, 1.807) is 24.3 Å². The van der Waals surface area contributed by atoms with Crippen LogP contribution in [0, 0.1) is 0 Å². The molecule has 2 aliphatic heterocycles. The number of anilines is 1. The first-order valence-electron chi connectivity index (χ1n) is 11.5. The minimum atomic E-state index is -0.277. The van der Waals surface area contributed by atoms with Crippen LogP contribution in [0.1, 0.15) is 33.6 Å². The van der Waals surface area contributed by atoms with Gasteiger partial charge in [0.05, 0.1) is 16.8 Å². The van der Waals surface area contributed by atoms with E-state index in [2.05, 4.69) is 15.1 Å². The maximum Gasteiger partial charge on any atom is 0.261 e. The number of aromatic nitrogens is 2. The number of hydrogen-bond donors (Lipinski definition) is 0. The summed E-state index contributed by atoms with van der Waals surface area (Å²) >= 11 is 0. The normalized spacial score (nSPS) is 15.6. The number of fused-ring (bicyclic) bond motifs is 1. The minimum absolute atomic E-state index is 0.0433. The van der Waals surface area contributed by atoms with Gasteiger partial charge in [0.1, 0.15) is 0 Å². The lowest BCUT2D eigenvalue weighted by atomic mass is 10.1. The first-order valence-corrected chi connectivity index (χ1v) is 11.5. The van der Waals surface area contributed by atoms with Crippen molar-refractivity contribution in [3.63, 3.8) is 0 Å². The lowest BCUT2D eigenvalue weighted by molar-refractivity contribution is -0.131. The van der Waals surface area contributed by atoms with Gasteiger partial charge >= 0.3 is 0 Å². The molecule has 3 aromatic rings. The summed E-state index contributed by atoms with van der Waals surface area (Å²) in [4.78, 5) is 42.8. The third-order valence-corrected chi connectivity index (χ3v) is 6.33. The number of hydrogen-bond acceptors (Lipinski definition) is 6. The van der Waals surface area contributed by atoms with Gasteiger partial charge in [-0.2, -0.15) is 0 Å². The van der Waals surface area contributed by atoms with Crippen molar-refractivity contribution in [3.05, 3.63) is 77.9 Å². The molecule has 0 aliphatic carbocycles. The smallest absolute Gasteiger partial charge is 0.261 e. The van der Waals surface area contributed by atoms with Gasteiger partial charge in [0.15, 0.2) is 5.82 Å². The maximum atomic E-state index is 12.7. The van der Waals surface area contributed by atoms with Gasteiger partial charge in [-0.25, -0.2) is 0 Å². The van der Waals surface area contributed by atoms with Gasteiger partial charge in [-0.05, 0) is 30.7 Å². The van der Waals surface area contributed by atoms with Crippen molar-refractivity contribution < 1.29 is 14.4 Å². The average molecular weight is 456 g/mol. The molecule has 1 fully saturated rings. The second-order valence-corrected chi connectivity index (χ2v) is 8.42. The molecule has 5 rings (SSSR count). The van der Waals surface area contributed by atoms with Crippen LogP contribution in [0.15, 0.2) is 66.7 Å². The van der Waals surface area contributed by atoms with Gasteiger partial charge in [0.2, 0.25) is 5.91 Å². The van der Waals surface area contributed by atoms with E-state index in [1.165, 1.54) is 4.90 Å². The number of piperazine rings is 1. The number of carbonyl (C=O) groups excluding carboxylic acids is 3. The van der Waals surface area contributed by atoms with Crippen LogP contribution in [-0.2, 0) is 4.79 Å². The Bertz CT molecular complexity index is 1170. The SMILES string of the molecule is O=C(CCCN1C(=O)c2ccccc2C1=O)N1CCN(c2ccc(-c3ccccc3)nn2)CC1.